The summed E-state index contributed by atoms with van der Waals surface area (Å²) >= 11 is 1.26. The van der Waals surface area contributed by atoms with Crippen molar-refractivity contribution in [3.05, 3.63) is 47.0 Å². The highest BCUT2D eigenvalue weighted by Gasteiger charge is 2.17. The monoisotopic (exact) mass is 272 g/mol. The Bertz CT molecular complexity index is 743. The number of aromatic nitrogens is 2. The van der Waals surface area contributed by atoms with Crippen molar-refractivity contribution in [2.45, 2.75) is 13.3 Å². The zero-order valence-corrected chi connectivity index (χ0v) is 11.1. The molecule has 19 heavy (non-hydrogen) atoms. The Morgan fingerprint density at radius 2 is 2.11 bits per heavy atom. The fourth-order valence-electron chi connectivity index (χ4n) is 2.08. The number of fused-ring (bicyclic) bond motifs is 1. The number of rotatable bonds is 3. The second-order valence-corrected chi connectivity index (χ2v) is 5.21. The molecule has 2 aromatic heterocycles. The van der Waals surface area contributed by atoms with Gasteiger partial charge in [0.25, 0.3) is 0 Å². The molecule has 0 aliphatic rings. The summed E-state index contributed by atoms with van der Waals surface area (Å²) < 4.78 is 1.82. The molecule has 5 heteroatoms. The van der Waals surface area contributed by atoms with Crippen LogP contribution >= 0.6 is 11.3 Å². The predicted molar refractivity (Wildman–Crippen MR) is 75.3 cm³/mol. The number of para-hydroxylation sites is 1. The molecule has 0 radical (unpaired) electrons. The van der Waals surface area contributed by atoms with Gasteiger partial charge in [-0.05, 0) is 24.6 Å². The van der Waals surface area contributed by atoms with Crippen molar-refractivity contribution in [1.82, 2.24) is 9.78 Å². The Kier molecular flexibility index (Phi) is 2.83. The molecule has 0 unspecified atom stereocenters. The van der Waals surface area contributed by atoms with Gasteiger partial charge in [-0.25, -0.2) is 9.48 Å². The Morgan fingerprint density at radius 3 is 2.74 bits per heavy atom. The van der Waals surface area contributed by atoms with Crippen LogP contribution in [0.15, 0.2) is 36.4 Å². The largest absolute Gasteiger partial charge is 0.477 e. The van der Waals surface area contributed by atoms with E-state index in [2.05, 4.69) is 5.10 Å². The first-order valence-electron chi connectivity index (χ1n) is 6.01. The van der Waals surface area contributed by atoms with E-state index in [0.29, 0.717) is 4.88 Å². The van der Waals surface area contributed by atoms with Crippen molar-refractivity contribution >= 4 is 27.5 Å². The van der Waals surface area contributed by atoms with E-state index in [-0.39, 0.29) is 0 Å². The SMILES string of the molecule is CCc1nn(-c2ccccc2)c2sc(C(=O)O)cc12. The maximum Gasteiger partial charge on any atom is 0.345 e. The molecule has 96 valence electrons. The van der Waals surface area contributed by atoms with Crippen molar-refractivity contribution in [3.63, 3.8) is 0 Å². The van der Waals surface area contributed by atoms with Gasteiger partial charge >= 0.3 is 5.97 Å². The topological polar surface area (TPSA) is 55.1 Å². The van der Waals surface area contributed by atoms with Crippen molar-refractivity contribution in [2.24, 2.45) is 0 Å². The van der Waals surface area contributed by atoms with Gasteiger partial charge in [-0.2, -0.15) is 5.10 Å². The summed E-state index contributed by atoms with van der Waals surface area (Å²) in [7, 11) is 0. The smallest absolute Gasteiger partial charge is 0.345 e. The third kappa shape index (κ3) is 1.92. The molecule has 3 rings (SSSR count). The molecule has 0 spiro atoms. The molecule has 1 N–H and O–H groups in total. The minimum atomic E-state index is -0.886. The first-order chi connectivity index (χ1) is 9.20. The van der Waals surface area contributed by atoms with Gasteiger partial charge < -0.3 is 5.11 Å². The summed E-state index contributed by atoms with van der Waals surface area (Å²) in [5.41, 5.74) is 1.88. The zero-order chi connectivity index (χ0) is 13.4. The van der Waals surface area contributed by atoms with Crippen molar-refractivity contribution in [1.29, 1.82) is 0 Å². The normalized spacial score (nSPS) is 11.0. The fourth-order valence-corrected chi connectivity index (χ4v) is 3.07. The predicted octanol–water partition coefficient (Wildman–Crippen LogP) is 3.35. The molecule has 0 aliphatic heterocycles. The molecule has 0 bridgehead atoms. The van der Waals surface area contributed by atoms with Gasteiger partial charge in [-0.15, -0.1) is 11.3 Å². The van der Waals surface area contributed by atoms with E-state index in [1.807, 2.05) is 41.9 Å². The lowest BCUT2D eigenvalue weighted by atomic mass is 10.2. The molecule has 1 aromatic carbocycles. The quantitative estimate of drug-likeness (QED) is 0.795. The lowest BCUT2D eigenvalue weighted by Gasteiger charge is -2.00. The molecule has 0 saturated carbocycles. The molecule has 4 nitrogen and oxygen atoms in total. The van der Waals surface area contributed by atoms with E-state index in [0.717, 1.165) is 28.0 Å². The van der Waals surface area contributed by atoms with Crippen LogP contribution in [0.2, 0.25) is 0 Å². The lowest BCUT2D eigenvalue weighted by molar-refractivity contribution is 0.0702. The highest BCUT2D eigenvalue weighted by atomic mass is 32.1. The summed E-state index contributed by atoms with van der Waals surface area (Å²) in [4.78, 5) is 12.3. The molecular formula is C14H12N2O2S. The van der Waals surface area contributed by atoms with E-state index < -0.39 is 5.97 Å². The van der Waals surface area contributed by atoms with Crippen LogP contribution in [0.1, 0.15) is 22.3 Å². The number of carbonyl (C=O) groups is 1. The molecular weight excluding hydrogens is 260 g/mol. The minimum absolute atomic E-state index is 0.354. The van der Waals surface area contributed by atoms with Crippen molar-refractivity contribution in [3.8, 4) is 5.69 Å². The Morgan fingerprint density at radius 1 is 1.37 bits per heavy atom. The Balaban J connectivity index is 2.27. The first-order valence-corrected chi connectivity index (χ1v) is 6.82. The summed E-state index contributed by atoms with van der Waals surface area (Å²) in [5, 5.41) is 14.6. The van der Waals surface area contributed by atoms with Gasteiger partial charge in [0.15, 0.2) is 0 Å². The van der Waals surface area contributed by atoms with Crippen molar-refractivity contribution < 1.29 is 9.90 Å². The number of aromatic carboxylic acids is 1. The molecule has 0 saturated heterocycles. The number of hydrogen-bond acceptors (Lipinski definition) is 3. The van der Waals surface area contributed by atoms with Crippen LogP contribution < -0.4 is 0 Å². The Labute approximate surface area is 113 Å². The molecule has 2 heterocycles. The summed E-state index contributed by atoms with van der Waals surface area (Å²) in [6.45, 7) is 2.02. The van der Waals surface area contributed by atoms with Gasteiger partial charge in [-0.3, -0.25) is 0 Å². The number of nitrogens with zero attached hydrogens (tertiary/aromatic N) is 2. The fraction of sp³-hybridized carbons (Fsp3) is 0.143. The van der Waals surface area contributed by atoms with Gasteiger partial charge in [0.1, 0.15) is 9.71 Å². The van der Waals surface area contributed by atoms with E-state index in [1.165, 1.54) is 11.3 Å². The maximum atomic E-state index is 11.1. The highest BCUT2D eigenvalue weighted by molar-refractivity contribution is 7.20. The lowest BCUT2D eigenvalue weighted by Crippen LogP contribution is -1.96. The standard InChI is InChI=1S/C14H12N2O2S/c1-2-11-10-8-12(14(17)18)19-13(10)16(15-11)9-6-4-3-5-7-9/h3-8H,2H2,1H3,(H,17,18). The van der Waals surface area contributed by atoms with Gasteiger partial charge in [0, 0.05) is 5.39 Å². The number of carboxylic acids is 1. The average molecular weight is 272 g/mol. The Hall–Kier alpha value is -2.14. The zero-order valence-electron chi connectivity index (χ0n) is 10.3. The minimum Gasteiger partial charge on any atom is -0.477 e. The summed E-state index contributed by atoms with van der Waals surface area (Å²) in [5.74, 6) is -0.886. The molecule has 3 aromatic rings. The van der Waals surface area contributed by atoms with Crippen molar-refractivity contribution in [2.75, 3.05) is 0 Å². The molecule has 0 atom stereocenters. The highest BCUT2D eigenvalue weighted by Crippen LogP contribution is 2.30. The summed E-state index contributed by atoms with van der Waals surface area (Å²) in [6.07, 6.45) is 0.784. The number of carboxylic acid groups (broad SMARTS) is 1. The molecule has 0 fully saturated rings. The summed E-state index contributed by atoms with van der Waals surface area (Å²) in [6, 6.07) is 11.5. The third-order valence-electron chi connectivity index (χ3n) is 2.98. The van der Waals surface area contributed by atoms with Gasteiger partial charge in [-0.1, -0.05) is 25.1 Å². The second kappa shape index (κ2) is 4.51. The molecule has 0 aliphatic carbocycles. The third-order valence-corrected chi connectivity index (χ3v) is 4.08. The van der Waals surface area contributed by atoms with E-state index in [4.69, 9.17) is 5.11 Å². The van der Waals surface area contributed by atoms with Gasteiger partial charge in [0.2, 0.25) is 0 Å². The van der Waals surface area contributed by atoms with Crippen LogP contribution in [0.5, 0.6) is 0 Å². The van der Waals surface area contributed by atoms with Crippen LogP contribution in [-0.4, -0.2) is 20.9 Å². The second-order valence-electron chi connectivity index (χ2n) is 4.18. The maximum absolute atomic E-state index is 11.1. The number of aryl methyl sites for hydroxylation is 1. The van der Waals surface area contributed by atoms with Crippen LogP contribution in [-0.2, 0) is 6.42 Å². The average Bonchev–Trinajstić information content (AvgIpc) is 2.98. The van der Waals surface area contributed by atoms with E-state index >= 15 is 0 Å². The van der Waals surface area contributed by atoms with Crippen LogP contribution in [0, 0.1) is 0 Å². The van der Waals surface area contributed by atoms with E-state index in [9.17, 15) is 4.79 Å². The number of hydrogen-bond donors (Lipinski definition) is 1. The first kappa shape index (κ1) is 11.9. The number of benzene rings is 1. The van der Waals surface area contributed by atoms with Gasteiger partial charge in [0.05, 0.1) is 11.4 Å². The molecule has 0 amide bonds. The van der Waals surface area contributed by atoms with Crippen LogP contribution in [0.3, 0.4) is 0 Å². The van der Waals surface area contributed by atoms with Crippen LogP contribution in [0.25, 0.3) is 15.9 Å². The van der Waals surface area contributed by atoms with E-state index in [1.54, 1.807) is 6.07 Å². The number of thiophene rings is 1. The van der Waals surface area contributed by atoms with Crippen LogP contribution in [0.4, 0.5) is 0 Å².